The Kier molecular flexibility index (Phi) is 8.04. The maximum atomic E-state index is 12.5. The fraction of sp³-hybridized carbons (Fsp3) is 0.167. The van der Waals surface area contributed by atoms with Gasteiger partial charge in [0.2, 0.25) is 5.91 Å². The summed E-state index contributed by atoms with van der Waals surface area (Å²) in [7, 11) is 1.68. The highest BCUT2D eigenvalue weighted by atomic mass is 32.2. The zero-order valence-electron chi connectivity index (χ0n) is 18.2. The highest BCUT2D eigenvalue weighted by Crippen LogP contribution is 2.23. The zero-order chi connectivity index (χ0) is 23.8. The molecule has 0 atom stereocenters. The van der Waals surface area contributed by atoms with Crippen molar-refractivity contribution in [2.24, 2.45) is 7.05 Å². The minimum Gasteiger partial charge on any atom is -0.452 e. The molecule has 0 aliphatic heterocycles. The zero-order valence-corrected chi connectivity index (χ0v) is 19.0. The van der Waals surface area contributed by atoms with Gasteiger partial charge in [-0.15, -0.1) is 11.8 Å². The van der Waals surface area contributed by atoms with Crippen LogP contribution in [-0.4, -0.2) is 40.6 Å². The quantitative estimate of drug-likeness (QED) is 0.391. The molecule has 1 aromatic heterocycles. The number of carbonyl (C=O) groups is 4. The fourth-order valence-corrected chi connectivity index (χ4v) is 3.71. The van der Waals surface area contributed by atoms with E-state index in [0.717, 1.165) is 5.56 Å². The summed E-state index contributed by atoms with van der Waals surface area (Å²) in [6.07, 6.45) is 1.68. The third-order valence-electron chi connectivity index (χ3n) is 4.56. The van der Waals surface area contributed by atoms with E-state index in [0.29, 0.717) is 16.3 Å². The second kappa shape index (κ2) is 11.1. The molecule has 8 nitrogen and oxygen atoms in total. The van der Waals surface area contributed by atoms with Crippen LogP contribution in [0.3, 0.4) is 0 Å². The first kappa shape index (κ1) is 23.8. The molecule has 0 spiro atoms. The van der Waals surface area contributed by atoms with Crippen molar-refractivity contribution in [2.75, 3.05) is 17.7 Å². The molecule has 0 radical (unpaired) electrons. The number of amides is 3. The lowest BCUT2D eigenvalue weighted by Crippen LogP contribution is -2.35. The van der Waals surface area contributed by atoms with E-state index in [-0.39, 0.29) is 17.2 Å². The first-order chi connectivity index (χ1) is 15.8. The van der Waals surface area contributed by atoms with Gasteiger partial charge in [-0.25, -0.2) is 4.79 Å². The molecule has 3 aromatic rings. The number of hydrogen-bond acceptors (Lipinski definition) is 6. The smallest absolute Gasteiger partial charge is 0.339 e. The molecule has 0 aliphatic rings. The van der Waals surface area contributed by atoms with Crippen molar-refractivity contribution in [3.05, 3.63) is 83.7 Å². The molecule has 0 fully saturated rings. The maximum absolute atomic E-state index is 12.5. The van der Waals surface area contributed by atoms with E-state index in [4.69, 9.17) is 4.74 Å². The Morgan fingerprint density at radius 1 is 0.939 bits per heavy atom. The van der Waals surface area contributed by atoms with Gasteiger partial charge in [0.05, 0.1) is 11.3 Å². The molecule has 9 heteroatoms. The SMILES string of the molecule is Cc1ccc(NC(=O)CSc2ccccc2C(=O)OCC(=O)NC(=O)c2cccn2C)cc1. The van der Waals surface area contributed by atoms with Gasteiger partial charge in [0, 0.05) is 23.8 Å². The second-order valence-corrected chi connectivity index (χ2v) is 8.17. The van der Waals surface area contributed by atoms with Crippen molar-refractivity contribution >= 4 is 41.1 Å². The van der Waals surface area contributed by atoms with Gasteiger partial charge in [0.1, 0.15) is 5.69 Å². The monoisotopic (exact) mass is 465 g/mol. The molecular weight excluding hydrogens is 442 g/mol. The van der Waals surface area contributed by atoms with Crippen LogP contribution in [0, 0.1) is 6.92 Å². The number of nitrogens with zero attached hydrogens (tertiary/aromatic N) is 1. The molecule has 170 valence electrons. The number of anilines is 1. The Balaban J connectivity index is 1.52. The van der Waals surface area contributed by atoms with E-state index < -0.39 is 24.4 Å². The van der Waals surface area contributed by atoms with Gasteiger partial charge < -0.3 is 14.6 Å². The predicted octanol–water partition coefficient (Wildman–Crippen LogP) is 3.18. The summed E-state index contributed by atoms with van der Waals surface area (Å²) in [4.78, 5) is 49.4. The first-order valence-electron chi connectivity index (χ1n) is 10.0. The molecule has 0 aliphatic carbocycles. The Bertz CT molecular complexity index is 1170. The normalized spacial score (nSPS) is 10.4. The highest BCUT2D eigenvalue weighted by Gasteiger charge is 2.18. The van der Waals surface area contributed by atoms with Gasteiger partial charge in [-0.2, -0.15) is 0 Å². The van der Waals surface area contributed by atoms with Crippen LogP contribution < -0.4 is 10.6 Å². The molecule has 0 unspecified atom stereocenters. The van der Waals surface area contributed by atoms with Crippen LogP contribution in [-0.2, 0) is 21.4 Å². The highest BCUT2D eigenvalue weighted by molar-refractivity contribution is 8.00. The first-order valence-corrected chi connectivity index (χ1v) is 11.0. The van der Waals surface area contributed by atoms with Gasteiger partial charge in [0.15, 0.2) is 6.61 Å². The van der Waals surface area contributed by atoms with Crippen molar-refractivity contribution < 1.29 is 23.9 Å². The Hall–Kier alpha value is -3.85. The van der Waals surface area contributed by atoms with Gasteiger partial charge in [-0.3, -0.25) is 19.7 Å². The number of rotatable bonds is 8. The van der Waals surface area contributed by atoms with E-state index in [2.05, 4.69) is 10.6 Å². The minimum absolute atomic E-state index is 0.0871. The topological polar surface area (TPSA) is 106 Å². The molecule has 2 aromatic carbocycles. The van der Waals surface area contributed by atoms with Crippen LogP contribution in [0.15, 0.2) is 71.8 Å². The van der Waals surface area contributed by atoms with Crippen LogP contribution in [0.25, 0.3) is 0 Å². The molecule has 0 saturated carbocycles. The van der Waals surface area contributed by atoms with E-state index in [1.165, 1.54) is 11.8 Å². The number of imide groups is 1. The predicted molar refractivity (Wildman–Crippen MR) is 125 cm³/mol. The summed E-state index contributed by atoms with van der Waals surface area (Å²) in [5.41, 5.74) is 2.31. The lowest BCUT2D eigenvalue weighted by Gasteiger charge is -2.10. The van der Waals surface area contributed by atoms with Crippen molar-refractivity contribution in [1.82, 2.24) is 9.88 Å². The average Bonchev–Trinajstić information content (AvgIpc) is 3.24. The fourth-order valence-electron chi connectivity index (χ4n) is 2.87. The van der Waals surface area contributed by atoms with Crippen LogP contribution in [0.1, 0.15) is 26.4 Å². The number of aromatic nitrogens is 1. The van der Waals surface area contributed by atoms with Crippen molar-refractivity contribution in [3.63, 3.8) is 0 Å². The Labute approximate surface area is 195 Å². The number of aryl methyl sites for hydroxylation is 2. The Morgan fingerprint density at radius 2 is 1.67 bits per heavy atom. The van der Waals surface area contributed by atoms with E-state index in [9.17, 15) is 19.2 Å². The number of carbonyl (C=O) groups excluding carboxylic acids is 4. The molecule has 0 saturated heterocycles. The number of ether oxygens (including phenoxy) is 1. The largest absolute Gasteiger partial charge is 0.452 e. The van der Waals surface area contributed by atoms with Crippen molar-refractivity contribution in [1.29, 1.82) is 0 Å². The molecular formula is C24H23N3O5S. The van der Waals surface area contributed by atoms with Crippen molar-refractivity contribution in [3.8, 4) is 0 Å². The number of hydrogen-bond donors (Lipinski definition) is 2. The number of esters is 1. The molecule has 0 bridgehead atoms. The van der Waals surface area contributed by atoms with Crippen LogP contribution in [0.4, 0.5) is 5.69 Å². The van der Waals surface area contributed by atoms with Gasteiger partial charge >= 0.3 is 5.97 Å². The molecule has 1 heterocycles. The molecule has 33 heavy (non-hydrogen) atoms. The number of nitrogens with one attached hydrogen (secondary N) is 2. The lowest BCUT2D eigenvalue weighted by atomic mass is 10.2. The van der Waals surface area contributed by atoms with Crippen LogP contribution in [0.5, 0.6) is 0 Å². The third kappa shape index (κ3) is 6.81. The van der Waals surface area contributed by atoms with Crippen LogP contribution >= 0.6 is 11.8 Å². The third-order valence-corrected chi connectivity index (χ3v) is 5.64. The van der Waals surface area contributed by atoms with E-state index in [1.54, 1.807) is 54.2 Å². The van der Waals surface area contributed by atoms with E-state index in [1.807, 2.05) is 31.2 Å². The second-order valence-electron chi connectivity index (χ2n) is 7.16. The summed E-state index contributed by atoms with van der Waals surface area (Å²) >= 11 is 1.18. The maximum Gasteiger partial charge on any atom is 0.339 e. The van der Waals surface area contributed by atoms with Gasteiger partial charge in [-0.1, -0.05) is 29.8 Å². The standard InChI is InChI=1S/C24H23N3O5S/c1-16-9-11-17(12-10-16)25-22(29)15-33-20-8-4-3-6-18(20)24(31)32-14-21(28)26-23(30)19-7-5-13-27(19)2/h3-13H,14-15H2,1-2H3,(H,25,29)(H,26,28,30). The summed E-state index contributed by atoms with van der Waals surface area (Å²) in [6, 6.07) is 17.3. The van der Waals surface area contributed by atoms with Gasteiger partial charge in [0.25, 0.3) is 11.8 Å². The van der Waals surface area contributed by atoms with Gasteiger partial charge in [-0.05, 0) is 43.3 Å². The van der Waals surface area contributed by atoms with Crippen molar-refractivity contribution in [2.45, 2.75) is 11.8 Å². The summed E-state index contributed by atoms with van der Waals surface area (Å²) in [5, 5.41) is 4.98. The lowest BCUT2D eigenvalue weighted by molar-refractivity contribution is -0.123. The van der Waals surface area contributed by atoms with E-state index >= 15 is 0 Å². The van der Waals surface area contributed by atoms with Crippen LogP contribution in [0.2, 0.25) is 0 Å². The minimum atomic E-state index is -0.739. The number of benzene rings is 2. The summed E-state index contributed by atoms with van der Waals surface area (Å²) in [6.45, 7) is 1.35. The average molecular weight is 466 g/mol. The molecule has 2 N–H and O–H groups in total. The molecule has 3 rings (SSSR count). The Morgan fingerprint density at radius 3 is 2.36 bits per heavy atom. The summed E-state index contributed by atoms with van der Waals surface area (Å²) in [5.74, 6) is -2.18. The molecule has 3 amide bonds. The number of thioether (sulfide) groups is 1. The summed E-state index contributed by atoms with van der Waals surface area (Å²) < 4.78 is 6.64.